The second-order valence-electron chi connectivity index (χ2n) is 8.34. The van der Waals surface area contributed by atoms with Crippen molar-refractivity contribution in [2.45, 2.75) is 39.5 Å². The zero-order valence-electron chi connectivity index (χ0n) is 17.2. The number of hydrogen-bond acceptors (Lipinski definition) is 5. The zero-order valence-corrected chi connectivity index (χ0v) is 17.2. The Morgan fingerprint density at radius 2 is 1.93 bits per heavy atom. The molecule has 1 amide bonds. The fraction of sp³-hybridized carbons (Fsp3) is 0.455. The molecule has 4 heterocycles. The number of likely N-dealkylation sites (tertiary alicyclic amines) is 1. The standard InChI is InChI=1S/C22H27N7O/c1-2-28-12-17(10-24-28)11-27-13-18-8-20-25-26-21(29(20)15-19(18)14-27)22(30)23-9-16-6-4-3-5-7-16/h3-7,10,12,18-19H,2,8-9,11,13-15H2,1H3,(H,23,30)/t18-,19+/m1/s1. The van der Waals surface area contributed by atoms with Crippen molar-refractivity contribution in [1.82, 2.24) is 34.8 Å². The maximum atomic E-state index is 12.7. The summed E-state index contributed by atoms with van der Waals surface area (Å²) in [7, 11) is 0. The molecular weight excluding hydrogens is 378 g/mol. The zero-order chi connectivity index (χ0) is 20.5. The molecule has 0 bridgehead atoms. The van der Waals surface area contributed by atoms with Gasteiger partial charge in [-0.05, 0) is 24.3 Å². The molecule has 3 aromatic rings. The van der Waals surface area contributed by atoms with Gasteiger partial charge in [0.2, 0.25) is 5.82 Å². The van der Waals surface area contributed by atoms with E-state index >= 15 is 0 Å². The van der Waals surface area contributed by atoms with Crippen LogP contribution in [0.5, 0.6) is 0 Å². The number of rotatable bonds is 6. The highest BCUT2D eigenvalue weighted by Crippen LogP contribution is 2.33. The van der Waals surface area contributed by atoms with Gasteiger partial charge in [-0.2, -0.15) is 5.10 Å². The average Bonchev–Trinajstić information content (AvgIpc) is 3.48. The predicted octanol–water partition coefficient (Wildman–Crippen LogP) is 1.73. The van der Waals surface area contributed by atoms with E-state index in [0.29, 0.717) is 24.2 Å². The molecule has 1 fully saturated rings. The number of nitrogens with zero attached hydrogens (tertiary/aromatic N) is 6. The molecule has 0 unspecified atom stereocenters. The topological polar surface area (TPSA) is 80.9 Å². The van der Waals surface area contributed by atoms with E-state index in [2.05, 4.69) is 38.6 Å². The van der Waals surface area contributed by atoms with Crippen LogP contribution in [0.3, 0.4) is 0 Å². The van der Waals surface area contributed by atoms with Crippen molar-refractivity contribution < 1.29 is 4.79 Å². The number of aryl methyl sites for hydroxylation is 1. The highest BCUT2D eigenvalue weighted by atomic mass is 16.2. The van der Waals surface area contributed by atoms with E-state index in [1.165, 1.54) is 5.56 Å². The molecule has 0 radical (unpaired) electrons. The lowest BCUT2D eigenvalue weighted by Gasteiger charge is -2.25. The normalized spacial score (nSPS) is 20.7. The first-order valence-corrected chi connectivity index (χ1v) is 10.7. The summed E-state index contributed by atoms with van der Waals surface area (Å²) in [4.78, 5) is 15.2. The molecule has 156 valence electrons. The first kappa shape index (κ1) is 19.0. The Hall–Kier alpha value is -3.00. The van der Waals surface area contributed by atoms with E-state index in [0.717, 1.165) is 50.5 Å². The molecule has 1 aromatic carbocycles. The Kier molecular flexibility index (Phi) is 5.08. The van der Waals surface area contributed by atoms with Gasteiger partial charge < -0.3 is 9.88 Å². The van der Waals surface area contributed by atoms with Gasteiger partial charge >= 0.3 is 0 Å². The highest BCUT2D eigenvalue weighted by molar-refractivity contribution is 5.90. The van der Waals surface area contributed by atoms with Crippen molar-refractivity contribution in [2.24, 2.45) is 11.8 Å². The van der Waals surface area contributed by atoms with Crippen LogP contribution in [-0.2, 0) is 32.6 Å². The number of carbonyl (C=O) groups excluding carboxylic acids is 1. The van der Waals surface area contributed by atoms with E-state index in [4.69, 9.17) is 0 Å². The van der Waals surface area contributed by atoms with Crippen LogP contribution >= 0.6 is 0 Å². The van der Waals surface area contributed by atoms with Crippen LogP contribution < -0.4 is 5.32 Å². The Morgan fingerprint density at radius 1 is 1.10 bits per heavy atom. The fourth-order valence-corrected chi connectivity index (χ4v) is 4.69. The van der Waals surface area contributed by atoms with Gasteiger partial charge in [0.25, 0.3) is 5.91 Å². The number of benzene rings is 1. The second kappa shape index (κ2) is 8.02. The fourth-order valence-electron chi connectivity index (χ4n) is 4.69. The molecule has 1 saturated heterocycles. The van der Waals surface area contributed by atoms with Crippen LogP contribution in [0.15, 0.2) is 42.7 Å². The number of carbonyl (C=O) groups is 1. The summed E-state index contributed by atoms with van der Waals surface area (Å²) in [5, 5.41) is 15.9. The molecule has 2 atom stereocenters. The van der Waals surface area contributed by atoms with Gasteiger partial charge in [-0.3, -0.25) is 14.4 Å². The smallest absolute Gasteiger partial charge is 0.289 e. The van der Waals surface area contributed by atoms with Crippen LogP contribution in [0, 0.1) is 11.8 Å². The van der Waals surface area contributed by atoms with Crippen LogP contribution in [0.25, 0.3) is 0 Å². The van der Waals surface area contributed by atoms with Crippen LogP contribution in [-0.4, -0.2) is 48.4 Å². The Labute approximate surface area is 175 Å². The molecule has 1 N–H and O–H groups in total. The third kappa shape index (κ3) is 3.75. The third-order valence-electron chi connectivity index (χ3n) is 6.26. The number of nitrogens with one attached hydrogen (secondary N) is 1. The molecule has 2 aliphatic heterocycles. The van der Waals surface area contributed by atoms with Crippen molar-refractivity contribution >= 4 is 5.91 Å². The van der Waals surface area contributed by atoms with Gasteiger partial charge in [-0.25, -0.2) is 0 Å². The number of amides is 1. The first-order valence-electron chi connectivity index (χ1n) is 10.7. The lowest BCUT2D eigenvalue weighted by atomic mass is 9.89. The van der Waals surface area contributed by atoms with E-state index in [1.807, 2.05) is 45.8 Å². The average molecular weight is 406 g/mol. The molecule has 0 aliphatic carbocycles. The van der Waals surface area contributed by atoms with Gasteiger partial charge in [0.15, 0.2) is 0 Å². The minimum atomic E-state index is -0.155. The summed E-state index contributed by atoms with van der Waals surface area (Å²) in [5.74, 6) is 2.31. The van der Waals surface area contributed by atoms with E-state index in [9.17, 15) is 4.79 Å². The highest BCUT2D eigenvalue weighted by Gasteiger charge is 2.39. The summed E-state index contributed by atoms with van der Waals surface area (Å²) in [6.07, 6.45) is 4.98. The lowest BCUT2D eigenvalue weighted by Crippen LogP contribution is -2.32. The first-order chi connectivity index (χ1) is 14.7. The van der Waals surface area contributed by atoms with E-state index in [1.54, 1.807) is 0 Å². The summed E-state index contributed by atoms with van der Waals surface area (Å²) in [6.45, 7) is 7.32. The second-order valence-corrected chi connectivity index (χ2v) is 8.34. The SMILES string of the molecule is CCn1cc(CN2C[C@H]3Cc4nnc(C(=O)NCc5ccccc5)n4C[C@@H]3C2)cn1. The maximum Gasteiger partial charge on any atom is 0.289 e. The summed E-state index contributed by atoms with van der Waals surface area (Å²) in [6, 6.07) is 9.92. The van der Waals surface area contributed by atoms with Gasteiger partial charge in [0.05, 0.1) is 6.20 Å². The molecule has 5 rings (SSSR count). The Balaban J connectivity index is 1.22. The molecule has 8 nitrogen and oxygen atoms in total. The molecule has 8 heteroatoms. The minimum absolute atomic E-state index is 0.155. The van der Waals surface area contributed by atoms with Gasteiger partial charge in [-0.1, -0.05) is 30.3 Å². The molecular formula is C22H27N7O. The van der Waals surface area contributed by atoms with Gasteiger partial charge in [0.1, 0.15) is 5.82 Å². The molecule has 0 saturated carbocycles. The van der Waals surface area contributed by atoms with Crippen molar-refractivity contribution in [1.29, 1.82) is 0 Å². The largest absolute Gasteiger partial charge is 0.345 e. The van der Waals surface area contributed by atoms with Crippen LogP contribution in [0.1, 0.15) is 34.5 Å². The lowest BCUT2D eigenvalue weighted by molar-refractivity contribution is 0.0932. The van der Waals surface area contributed by atoms with Crippen molar-refractivity contribution in [2.75, 3.05) is 13.1 Å². The summed E-state index contributed by atoms with van der Waals surface area (Å²) in [5.41, 5.74) is 2.33. The Bertz CT molecular complexity index is 1030. The maximum absolute atomic E-state index is 12.7. The number of hydrogen-bond donors (Lipinski definition) is 1. The summed E-state index contributed by atoms with van der Waals surface area (Å²) >= 11 is 0. The van der Waals surface area contributed by atoms with Gasteiger partial charge in [0, 0.05) is 57.4 Å². The Morgan fingerprint density at radius 3 is 2.73 bits per heavy atom. The van der Waals surface area contributed by atoms with Gasteiger partial charge in [-0.15, -0.1) is 10.2 Å². The molecule has 30 heavy (non-hydrogen) atoms. The number of fused-ring (bicyclic) bond motifs is 2. The molecule has 2 aromatic heterocycles. The van der Waals surface area contributed by atoms with Crippen molar-refractivity contribution in [3.8, 4) is 0 Å². The van der Waals surface area contributed by atoms with Crippen LogP contribution in [0.2, 0.25) is 0 Å². The monoisotopic (exact) mass is 405 g/mol. The minimum Gasteiger partial charge on any atom is -0.345 e. The van der Waals surface area contributed by atoms with E-state index in [-0.39, 0.29) is 5.91 Å². The predicted molar refractivity (Wildman–Crippen MR) is 111 cm³/mol. The third-order valence-corrected chi connectivity index (χ3v) is 6.26. The van der Waals surface area contributed by atoms with Crippen LogP contribution in [0.4, 0.5) is 0 Å². The van der Waals surface area contributed by atoms with E-state index < -0.39 is 0 Å². The van der Waals surface area contributed by atoms with Crippen molar-refractivity contribution in [3.05, 3.63) is 65.5 Å². The quantitative estimate of drug-likeness (QED) is 0.676. The summed E-state index contributed by atoms with van der Waals surface area (Å²) < 4.78 is 4.00. The molecule has 2 aliphatic rings. The molecule has 0 spiro atoms. The van der Waals surface area contributed by atoms with Crippen molar-refractivity contribution in [3.63, 3.8) is 0 Å². The number of aromatic nitrogens is 5.